The molecule has 1 aliphatic rings. The van der Waals surface area contributed by atoms with E-state index in [-0.39, 0.29) is 29.6 Å². The third kappa shape index (κ3) is 4.35. The minimum atomic E-state index is -3.90. The number of hydrogen-bond donors (Lipinski definition) is 0. The standard InChI is InChI=1S/C21H20F2N4O3S/c1-30-19-8-6-17(23)14-20(19)31(28,29)27-12-10-26(11-13-27)21-9-7-18(24-25-21)15-2-4-16(22)5-3-15/h2-9,14H,10-13H2,1H3. The van der Waals surface area contributed by atoms with Gasteiger partial charge < -0.3 is 9.64 Å². The number of hydrogen-bond acceptors (Lipinski definition) is 6. The highest BCUT2D eigenvalue weighted by Gasteiger charge is 2.31. The summed E-state index contributed by atoms with van der Waals surface area (Å²) in [6.07, 6.45) is 0. The van der Waals surface area contributed by atoms with Crippen LogP contribution in [0.1, 0.15) is 0 Å². The molecular formula is C21H20F2N4O3S. The summed E-state index contributed by atoms with van der Waals surface area (Å²) in [7, 11) is -2.56. The van der Waals surface area contributed by atoms with Crippen molar-refractivity contribution in [2.75, 3.05) is 38.2 Å². The van der Waals surface area contributed by atoms with Crippen molar-refractivity contribution in [3.8, 4) is 17.0 Å². The summed E-state index contributed by atoms with van der Waals surface area (Å²) in [6, 6.07) is 13.0. The summed E-state index contributed by atoms with van der Waals surface area (Å²) in [5, 5.41) is 8.43. The first kappa shape index (κ1) is 21.1. The SMILES string of the molecule is COc1ccc(F)cc1S(=O)(=O)N1CCN(c2ccc(-c3ccc(F)cc3)nn2)CC1. The van der Waals surface area contributed by atoms with Crippen molar-refractivity contribution in [1.29, 1.82) is 0 Å². The number of benzene rings is 2. The first-order valence-electron chi connectivity index (χ1n) is 9.57. The van der Waals surface area contributed by atoms with Gasteiger partial charge in [-0.15, -0.1) is 10.2 Å². The number of sulfonamides is 1. The average molecular weight is 446 g/mol. The van der Waals surface area contributed by atoms with Crippen LogP contribution in [-0.2, 0) is 10.0 Å². The van der Waals surface area contributed by atoms with Crippen molar-refractivity contribution in [2.24, 2.45) is 0 Å². The van der Waals surface area contributed by atoms with Gasteiger partial charge in [-0.1, -0.05) is 0 Å². The maximum Gasteiger partial charge on any atom is 0.246 e. The predicted molar refractivity (Wildman–Crippen MR) is 111 cm³/mol. The molecule has 31 heavy (non-hydrogen) atoms. The summed E-state index contributed by atoms with van der Waals surface area (Å²) < 4.78 is 59.1. The Morgan fingerprint density at radius 2 is 1.55 bits per heavy atom. The van der Waals surface area contributed by atoms with E-state index in [0.29, 0.717) is 24.6 Å². The molecule has 0 amide bonds. The normalized spacial score (nSPS) is 15.1. The monoisotopic (exact) mass is 446 g/mol. The van der Waals surface area contributed by atoms with Crippen LogP contribution in [0.5, 0.6) is 5.75 Å². The molecule has 10 heteroatoms. The predicted octanol–water partition coefficient (Wildman–Crippen LogP) is 2.94. The van der Waals surface area contributed by atoms with E-state index < -0.39 is 15.8 Å². The average Bonchev–Trinajstić information content (AvgIpc) is 2.80. The lowest BCUT2D eigenvalue weighted by atomic mass is 10.1. The number of aromatic nitrogens is 2. The lowest BCUT2D eigenvalue weighted by molar-refractivity contribution is 0.372. The molecule has 0 bridgehead atoms. The molecule has 1 fully saturated rings. The third-order valence-electron chi connectivity index (χ3n) is 5.10. The molecule has 4 rings (SSSR count). The lowest BCUT2D eigenvalue weighted by Crippen LogP contribution is -2.49. The van der Waals surface area contributed by atoms with Crippen molar-refractivity contribution in [3.63, 3.8) is 0 Å². The molecule has 1 saturated heterocycles. The molecule has 7 nitrogen and oxygen atoms in total. The first-order valence-corrected chi connectivity index (χ1v) is 11.0. The van der Waals surface area contributed by atoms with Crippen LogP contribution in [0.2, 0.25) is 0 Å². The number of methoxy groups -OCH3 is 1. The molecule has 0 radical (unpaired) electrons. The fourth-order valence-corrected chi connectivity index (χ4v) is 5.01. The molecule has 0 unspecified atom stereocenters. The zero-order chi connectivity index (χ0) is 22.0. The van der Waals surface area contributed by atoms with Crippen LogP contribution in [0.25, 0.3) is 11.3 Å². The highest BCUT2D eigenvalue weighted by Crippen LogP contribution is 2.28. The van der Waals surface area contributed by atoms with E-state index in [9.17, 15) is 17.2 Å². The van der Waals surface area contributed by atoms with Gasteiger partial charge in [0.15, 0.2) is 5.82 Å². The molecule has 3 aromatic rings. The minimum absolute atomic E-state index is 0.103. The van der Waals surface area contributed by atoms with Crippen LogP contribution >= 0.6 is 0 Å². The smallest absolute Gasteiger partial charge is 0.246 e. The number of rotatable bonds is 5. The molecule has 0 spiro atoms. The zero-order valence-electron chi connectivity index (χ0n) is 16.7. The highest BCUT2D eigenvalue weighted by atomic mass is 32.2. The molecule has 0 aliphatic carbocycles. The summed E-state index contributed by atoms with van der Waals surface area (Å²) in [4.78, 5) is 1.74. The van der Waals surface area contributed by atoms with Gasteiger partial charge in [0.05, 0.1) is 12.8 Å². The van der Waals surface area contributed by atoms with Gasteiger partial charge in [-0.2, -0.15) is 4.31 Å². The van der Waals surface area contributed by atoms with Crippen molar-refractivity contribution in [2.45, 2.75) is 4.90 Å². The van der Waals surface area contributed by atoms with Crippen LogP contribution in [-0.4, -0.2) is 56.2 Å². The van der Waals surface area contributed by atoms with Crippen LogP contribution < -0.4 is 9.64 Å². The van der Waals surface area contributed by atoms with Gasteiger partial charge in [-0.3, -0.25) is 0 Å². The minimum Gasteiger partial charge on any atom is -0.495 e. The fraction of sp³-hybridized carbons (Fsp3) is 0.238. The Labute approximate surface area is 178 Å². The van der Waals surface area contributed by atoms with Gasteiger partial charge in [-0.05, 0) is 54.6 Å². The molecule has 1 aliphatic heterocycles. The van der Waals surface area contributed by atoms with Crippen LogP contribution in [0, 0.1) is 11.6 Å². The number of piperazine rings is 1. The summed E-state index contributed by atoms with van der Waals surface area (Å²) in [5.74, 6) is -0.246. The molecule has 2 aromatic carbocycles. The van der Waals surface area contributed by atoms with E-state index in [1.807, 2.05) is 4.90 Å². The Balaban J connectivity index is 1.46. The summed E-state index contributed by atoms with van der Waals surface area (Å²) >= 11 is 0. The Morgan fingerprint density at radius 3 is 2.16 bits per heavy atom. The van der Waals surface area contributed by atoms with Crippen LogP contribution in [0.15, 0.2) is 59.5 Å². The van der Waals surface area contributed by atoms with E-state index in [2.05, 4.69) is 10.2 Å². The van der Waals surface area contributed by atoms with Crippen molar-refractivity contribution < 1.29 is 21.9 Å². The Hall–Kier alpha value is -3.11. The number of halogens is 2. The number of anilines is 1. The Kier molecular flexibility index (Phi) is 5.84. The van der Waals surface area contributed by atoms with Gasteiger partial charge in [0.25, 0.3) is 0 Å². The molecular weight excluding hydrogens is 426 g/mol. The second kappa shape index (κ2) is 8.56. The zero-order valence-corrected chi connectivity index (χ0v) is 17.5. The Bertz CT molecular complexity index is 1160. The molecule has 1 aromatic heterocycles. The van der Waals surface area contributed by atoms with Gasteiger partial charge in [-0.25, -0.2) is 17.2 Å². The van der Waals surface area contributed by atoms with Gasteiger partial charge >= 0.3 is 0 Å². The van der Waals surface area contributed by atoms with E-state index in [4.69, 9.17) is 4.74 Å². The van der Waals surface area contributed by atoms with Gasteiger partial charge in [0.1, 0.15) is 22.3 Å². The van der Waals surface area contributed by atoms with Crippen LogP contribution in [0.4, 0.5) is 14.6 Å². The van der Waals surface area contributed by atoms with Crippen LogP contribution in [0.3, 0.4) is 0 Å². The van der Waals surface area contributed by atoms with Crippen molar-refractivity contribution >= 4 is 15.8 Å². The molecule has 0 N–H and O–H groups in total. The summed E-state index contributed by atoms with van der Waals surface area (Å²) in [6.45, 7) is 1.23. The highest BCUT2D eigenvalue weighted by molar-refractivity contribution is 7.89. The lowest BCUT2D eigenvalue weighted by Gasteiger charge is -2.34. The van der Waals surface area contributed by atoms with Crippen molar-refractivity contribution in [1.82, 2.24) is 14.5 Å². The van der Waals surface area contributed by atoms with E-state index in [0.717, 1.165) is 17.7 Å². The van der Waals surface area contributed by atoms with Crippen molar-refractivity contribution in [3.05, 3.63) is 66.2 Å². The molecule has 2 heterocycles. The number of ether oxygens (including phenoxy) is 1. The number of nitrogens with zero attached hydrogens (tertiary/aromatic N) is 4. The Morgan fingerprint density at radius 1 is 0.871 bits per heavy atom. The maximum atomic E-state index is 13.7. The topological polar surface area (TPSA) is 75.6 Å². The molecule has 162 valence electrons. The quantitative estimate of drug-likeness (QED) is 0.600. The maximum absolute atomic E-state index is 13.7. The second-order valence-electron chi connectivity index (χ2n) is 6.97. The molecule has 0 saturated carbocycles. The summed E-state index contributed by atoms with van der Waals surface area (Å²) in [5.41, 5.74) is 1.36. The van der Waals surface area contributed by atoms with E-state index in [1.165, 1.54) is 29.6 Å². The second-order valence-corrected chi connectivity index (χ2v) is 8.88. The van der Waals surface area contributed by atoms with E-state index in [1.54, 1.807) is 24.3 Å². The van der Waals surface area contributed by atoms with E-state index >= 15 is 0 Å². The van der Waals surface area contributed by atoms with Gasteiger partial charge in [0, 0.05) is 31.7 Å². The largest absolute Gasteiger partial charge is 0.495 e. The first-order chi connectivity index (χ1) is 14.9. The fourth-order valence-electron chi connectivity index (χ4n) is 3.42. The molecule has 0 atom stereocenters. The van der Waals surface area contributed by atoms with Gasteiger partial charge in [0.2, 0.25) is 10.0 Å². The third-order valence-corrected chi connectivity index (χ3v) is 7.02.